The molecule has 0 bridgehead atoms. The first-order valence-corrected chi connectivity index (χ1v) is 12.6. The molecule has 1 aliphatic heterocycles. The Morgan fingerprint density at radius 1 is 1.00 bits per heavy atom. The number of hydrogen-bond donors (Lipinski definition) is 1. The van der Waals surface area contributed by atoms with Crippen LogP contribution in [0.3, 0.4) is 0 Å². The van der Waals surface area contributed by atoms with Gasteiger partial charge in [-0.1, -0.05) is 18.6 Å². The molecule has 1 fully saturated rings. The summed E-state index contributed by atoms with van der Waals surface area (Å²) in [6.07, 6.45) is 8.98. The van der Waals surface area contributed by atoms with Crippen molar-refractivity contribution in [3.8, 4) is 0 Å². The molecule has 2 aliphatic rings. The number of hydrogen-bond acceptors (Lipinski definition) is 5. The summed E-state index contributed by atoms with van der Waals surface area (Å²) in [4.78, 5) is 46.5. The molecule has 172 valence electrons. The van der Waals surface area contributed by atoms with Crippen LogP contribution in [0.4, 0.5) is 0 Å². The summed E-state index contributed by atoms with van der Waals surface area (Å²) in [6.45, 7) is 1.93. The van der Waals surface area contributed by atoms with Crippen molar-refractivity contribution < 1.29 is 9.59 Å². The van der Waals surface area contributed by atoms with E-state index in [1.165, 1.54) is 22.2 Å². The Labute approximate surface area is 196 Å². The van der Waals surface area contributed by atoms with Gasteiger partial charge in [0.05, 0.1) is 11.7 Å². The van der Waals surface area contributed by atoms with Crippen LogP contribution >= 0.6 is 11.3 Å². The monoisotopic (exact) mass is 464 g/mol. The Morgan fingerprint density at radius 2 is 1.76 bits per heavy atom. The molecule has 1 aromatic carbocycles. The maximum Gasteiger partial charge on any atom is 0.262 e. The van der Waals surface area contributed by atoms with Crippen molar-refractivity contribution in [3.63, 3.8) is 0 Å². The van der Waals surface area contributed by atoms with Crippen molar-refractivity contribution in [2.75, 3.05) is 13.1 Å². The highest BCUT2D eigenvalue weighted by Crippen LogP contribution is 2.32. The van der Waals surface area contributed by atoms with Gasteiger partial charge in [0.1, 0.15) is 11.4 Å². The minimum absolute atomic E-state index is 0.0576. The second kappa shape index (κ2) is 9.47. The zero-order valence-corrected chi connectivity index (χ0v) is 19.5. The fourth-order valence-electron chi connectivity index (χ4n) is 4.75. The van der Waals surface area contributed by atoms with Crippen LogP contribution in [-0.4, -0.2) is 39.4 Å². The molecule has 0 saturated carbocycles. The van der Waals surface area contributed by atoms with Crippen molar-refractivity contribution >= 4 is 33.4 Å². The van der Waals surface area contributed by atoms with Crippen LogP contribution in [0.1, 0.15) is 58.5 Å². The summed E-state index contributed by atoms with van der Waals surface area (Å²) in [5.41, 5.74) is 2.60. The zero-order chi connectivity index (χ0) is 22.8. The molecule has 1 aliphatic carbocycles. The van der Waals surface area contributed by atoms with Gasteiger partial charge in [-0.25, -0.2) is 4.98 Å². The number of nitrogens with zero attached hydrogens (tertiary/aromatic N) is 3. The second-order valence-electron chi connectivity index (χ2n) is 8.90. The molecule has 0 atom stereocenters. The summed E-state index contributed by atoms with van der Waals surface area (Å²) >= 11 is 1.62. The zero-order valence-electron chi connectivity index (χ0n) is 18.6. The summed E-state index contributed by atoms with van der Waals surface area (Å²) < 4.78 is 1.41. The average molecular weight is 465 g/mol. The molecule has 33 heavy (non-hydrogen) atoms. The van der Waals surface area contributed by atoms with Crippen molar-refractivity contribution in [2.24, 2.45) is 0 Å². The highest BCUT2D eigenvalue weighted by Gasteiger charge is 2.20. The van der Waals surface area contributed by atoms with Crippen LogP contribution in [0.25, 0.3) is 10.2 Å². The quantitative estimate of drug-likeness (QED) is 0.588. The van der Waals surface area contributed by atoms with E-state index in [0.29, 0.717) is 17.5 Å². The topological polar surface area (TPSA) is 84.3 Å². The number of benzene rings is 1. The number of aromatic nitrogens is 2. The van der Waals surface area contributed by atoms with Crippen LogP contribution < -0.4 is 10.9 Å². The number of nitrogens with one attached hydrogen (secondary N) is 1. The lowest BCUT2D eigenvalue weighted by Gasteiger charge is -2.15. The molecule has 8 heteroatoms. The van der Waals surface area contributed by atoms with Gasteiger partial charge >= 0.3 is 0 Å². The lowest BCUT2D eigenvalue weighted by molar-refractivity contribution is -0.121. The number of rotatable bonds is 5. The molecule has 3 heterocycles. The van der Waals surface area contributed by atoms with E-state index in [9.17, 15) is 14.4 Å². The van der Waals surface area contributed by atoms with E-state index < -0.39 is 0 Å². The molecule has 7 nitrogen and oxygen atoms in total. The van der Waals surface area contributed by atoms with Crippen LogP contribution in [0.15, 0.2) is 35.4 Å². The van der Waals surface area contributed by atoms with Gasteiger partial charge in [-0.15, -0.1) is 11.3 Å². The predicted molar refractivity (Wildman–Crippen MR) is 129 cm³/mol. The standard InChI is InChI=1S/C25H28N4O3S/c30-21(26-14-17-8-10-18(11-9-17)24(31)28-12-4-5-13-28)15-29-16-27-23-22(25(29)32)19-6-2-1-3-7-20(19)33-23/h8-11,16H,1-7,12-15H2,(H,26,30). The third-order valence-electron chi connectivity index (χ3n) is 6.59. The van der Waals surface area contributed by atoms with Gasteiger partial charge in [-0.2, -0.15) is 0 Å². The summed E-state index contributed by atoms with van der Waals surface area (Å²) in [7, 11) is 0. The van der Waals surface area contributed by atoms with E-state index in [1.807, 2.05) is 29.2 Å². The van der Waals surface area contributed by atoms with E-state index in [2.05, 4.69) is 10.3 Å². The Kier molecular flexibility index (Phi) is 6.26. The maximum atomic E-state index is 13.1. The van der Waals surface area contributed by atoms with Crippen LogP contribution in [-0.2, 0) is 30.7 Å². The molecular weight excluding hydrogens is 436 g/mol. The number of thiophene rings is 1. The number of likely N-dealkylation sites (tertiary alicyclic amines) is 1. The largest absolute Gasteiger partial charge is 0.350 e. The molecular formula is C25H28N4O3S. The lowest BCUT2D eigenvalue weighted by Crippen LogP contribution is -2.32. The molecule has 0 spiro atoms. The molecule has 2 amide bonds. The maximum absolute atomic E-state index is 13.1. The van der Waals surface area contributed by atoms with Gasteiger partial charge in [-0.3, -0.25) is 19.0 Å². The van der Waals surface area contributed by atoms with E-state index in [4.69, 9.17) is 0 Å². The van der Waals surface area contributed by atoms with Crippen molar-refractivity contribution in [2.45, 2.75) is 58.0 Å². The van der Waals surface area contributed by atoms with Gasteiger partial charge in [0.15, 0.2) is 0 Å². The fourth-order valence-corrected chi connectivity index (χ4v) is 5.97. The first-order valence-electron chi connectivity index (χ1n) is 11.7. The van der Waals surface area contributed by atoms with E-state index in [-0.39, 0.29) is 23.9 Å². The number of carbonyl (C=O) groups excluding carboxylic acids is 2. The summed E-state index contributed by atoms with van der Waals surface area (Å²) in [5.74, 6) is -0.173. The number of carbonyl (C=O) groups is 2. The summed E-state index contributed by atoms with van der Waals surface area (Å²) in [6, 6.07) is 7.35. The second-order valence-corrected chi connectivity index (χ2v) is 9.98. The van der Waals surface area contributed by atoms with Crippen molar-refractivity contribution in [3.05, 3.63) is 62.5 Å². The Bertz CT molecular complexity index is 1240. The van der Waals surface area contributed by atoms with Gasteiger partial charge in [0.25, 0.3) is 11.5 Å². The molecule has 3 aromatic rings. The third-order valence-corrected chi connectivity index (χ3v) is 7.79. The van der Waals surface area contributed by atoms with Crippen molar-refractivity contribution in [1.82, 2.24) is 19.8 Å². The van der Waals surface area contributed by atoms with Gasteiger partial charge in [-0.05, 0) is 61.8 Å². The predicted octanol–water partition coefficient (Wildman–Crippen LogP) is 3.28. The van der Waals surface area contributed by atoms with Crippen LogP contribution in [0, 0.1) is 0 Å². The minimum Gasteiger partial charge on any atom is -0.350 e. The Hall–Kier alpha value is -3.00. The molecule has 1 saturated heterocycles. The average Bonchev–Trinajstić information content (AvgIpc) is 3.43. The number of fused-ring (bicyclic) bond motifs is 3. The molecule has 2 aromatic heterocycles. The fraction of sp³-hybridized carbons (Fsp3) is 0.440. The van der Waals surface area contributed by atoms with Gasteiger partial charge in [0, 0.05) is 30.1 Å². The van der Waals surface area contributed by atoms with Crippen LogP contribution in [0.5, 0.6) is 0 Å². The molecule has 0 radical (unpaired) electrons. The lowest BCUT2D eigenvalue weighted by atomic mass is 10.1. The normalized spacial score (nSPS) is 15.9. The molecule has 0 unspecified atom stereocenters. The smallest absolute Gasteiger partial charge is 0.262 e. The first kappa shape index (κ1) is 21.8. The Morgan fingerprint density at radius 3 is 2.55 bits per heavy atom. The molecule has 5 rings (SSSR count). The van der Waals surface area contributed by atoms with Gasteiger partial charge in [0.2, 0.25) is 5.91 Å². The highest BCUT2D eigenvalue weighted by atomic mass is 32.1. The van der Waals surface area contributed by atoms with E-state index in [0.717, 1.165) is 67.6 Å². The first-order chi connectivity index (χ1) is 16.1. The van der Waals surface area contributed by atoms with E-state index >= 15 is 0 Å². The molecule has 1 N–H and O–H groups in total. The highest BCUT2D eigenvalue weighted by molar-refractivity contribution is 7.18. The van der Waals surface area contributed by atoms with E-state index in [1.54, 1.807) is 11.3 Å². The Balaban J connectivity index is 1.23. The third kappa shape index (κ3) is 4.57. The van der Waals surface area contributed by atoms with Crippen molar-refractivity contribution in [1.29, 1.82) is 0 Å². The number of amides is 2. The minimum atomic E-state index is -0.239. The van der Waals surface area contributed by atoms with Crippen LogP contribution in [0.2, 0.25) is 0 Å². The SMILES string of the molecule is O=C(Cn1cnc2sc3c(c2c1=O)CCCCC3)NCc1ccc(C(=O)N2CCCC2)cc1. The van der Waals surface area contributed by atoms with Gasteiger partial charge < -0.3 is 10.2 Å². The number of aryl methyl sites for hydroxylation is 2. The summed E-state index contributed by atoms with van der Waals surface area (Å²) in [5, 5.41) is 3.57.